The highest BCUT2D eigenvalue weighted by atomic mass is 16.5. The molecule has 2 N–H and O–H groups in total. The van der Waals surface area contributed by atoms with Gasteiger partial charge >= 0.3 is 5.97 Å². The molecule has 138 valence electrons. The van der Waals surface area contributed by atoms with E-state index in [1.165, 1.54) is 37.6 Å². The summed E-state index contributed by atoms with van der Waals surface area (Å²) in [6.45, 7) is 4.99. The molecule has 2 heterocycles. The van der Waals surface area contributed by atoms with E-state index < -0.39 is 0 Å². The largest absolute Gasteiger partial charge is 0.465 e. The number of ether oxygens (including phenoxy) is 1. The van der Waals surface area contributed by atoms with Gasteiger partial charge in [-0.15, -0.1) is 0 Å². The van der Waals surface area contributed by atoms with Gasteiger partial charge < -0.3 is 15.0 Å². The number of imidazole rings is 1. The van der Waals surface area contributed by atoms with E-state index in [2.05, 4.69) is 23.3 Å². The fourth-order valence-electron chi connectivity index (χ4n) is 3.98. The summed E-state index contributed by atoms with van der Waals surface area (Å²) in [6, 6.07) is 4.65. The van der Waals surface area contributed by atoms with Crippen LogP contribution < -0.4 is 5.32 Å². The van der Waals surface area contributed by atoms with Crippen molar-refractivity contribution in [1.82, 2.24) is 15.3 Å². The molecule has 5 nitrogen and oxygen atoms in total. The molecule has 5 heteroatoms. The minimum Gasteiger partial charge on any atom is -0.465 e. The summed E-state index contributed by atoms with van der Waals surface area (Å²) < 4.78 is 4.98. The predicted octanol–water partition coefficient (Wildman–Crippen LogP) is 3.86. The zero-order chi connectivity index (χ0) is 18.3. The minimum absolute atomic E-state index is 0.285. The zero-order valence-electron chi connectivity index (χ0n) is 15.8. The van der Waals surface area contributed by atoms with E-state index in [9.17, 15) is 4.79 Å². The standard InChI is InChI=1S/C21H27N3O2/c1-12-9-16(14-5-4-6-14)17(10-15(12)21(25)26-3)20-23-18-8-7-13(2)22-11-19(18)24-20/h9-10,13-14,22H,4-8,11H2,1-3H3,(H,23,24). The number of esters is 1. The summed E-state index contributed by atoms with van der Waals surface area (Å²) in [4.78, 5) is 20.7. The maximum Gasteiger partial charge on any atom is 0.338 e. The predicted molar refractivity (Wildman–Crippen MR) is 101 cm³/mol. The number of nitrogens with one attached hydrogen (secondary N) is 2. The first-order valence-electron chi connectivity index (χ1n) is 9.61. The molecular weight excluding hydrogens is 326 g/mol. The van der Waals surface area contributed by atoms with Crippen molar-refractivity contribution in [2.75, 3.05) is 7.11 Å². The lowest BCUT2D eigenvalue weighted by Gasteiger charge is -2.28. The molecule has 4 rings (SSSR count). The molecule has 1 aliphatic heterocycles. The number of hydrogen-bond donors (Lipinski definition) is 2. The Hall–Kier alpha value is -2.14. The Morgan fingerprint density at radius 1 is 1.27 bits per heavy atom. The number of H-pyrrole nitrogens is 1. The Balaban J connectivity index is 1.79. The third-order valence-corrected chi connectivity index (χ3v) is 5.91. The highest BCUT2D eigenvalue weighted by Gasteiger charge is 2.27. The number of methoxy groups -OCH3 is 1. The number of aromatic amines is 1. The van der Waals surface area contributed by atoms with E-state index in [1.54, 1.807) is 0 Å². The third-order valence-electron chi connectivity index (χ3n) is 5.91. The van der Waals surface area contributed by atoms with Crippen LogP contribution in [0.1, 0.15) is 71.4 Å². The highest BCUT2D eigenvalue weighted by molar-refractivity contribution is 5.93. The topological polar surface area (TPSA) is 67.0 Å². The van der Waals surface area contributed by atoms with Crippen molar-refractivity contribution in [1.29, 1.82) is 0 Å². The van der Waals surface area contributed by atoms with Crippen LogP contribution in [0.2, 0.25) is 0 Å². The van der Waals surface area contributed by atoms with Gasteiger partial charge in [0.2, 0.25) is 0 Å². The summed E-state index contributed by atoms with van der Waals surface area (Å²) >= 11 is 0. The molecule has 0 saturated heterocycles. The number of rotatable bonds is 3. The monoisotopic (exact) mass is 353 g/mol. The van der Waals surface area contributed by atoms with Crippen LogP contribution in [-0.4, -0.2) is 29.1 Å². The van der Waals surface area contributed by atoms with Crippen molar-refractivity contribution in [2.45, 2.75) is 64.5 Å². The minimum atomic E-state index is -0.285. The van der Waals surface area contributed by atoms with Crippen molar-refractivity contribution in [3.8, 4) is 11.4 Å². The van der Waals surface area contributed by atoms with Gasteiger partial charge in [0.1, 0.15) is 5.82 Å². The molecule has 1 atom stereocenters. The lowest BCUT2D eigenvalue weighted by atomic mass is 9.77. The summed E-state index contributed by atoms with van der Waals surface area (Å²) in [5, 5.41) is 3.52. The van der Waals surface area contributed by atoms with Gasteiger partial charge in [-0.1, -0.05) is 12.5 Å². The second kappa shape index (κ2) is 6.88. The Bertz CT molecular complexity index is 811. The van der Waals surface area contributed by atoms with Crippen LogP contribution >= 0.6 is 0 Å². The van der Waals surface area contributed by atoms with E-state index in [0.717, 1.165) is 42.0 Å². The van der Waals surface area contributed by atoms with Gasteiger partial charge in [0.05, 0.1) is 18.4 Å². The lowest BCUT2D eigenvalue weighted by molar-refractivity contribution is 0.0600. The number of nitrogens with zero attached hydrogens (tertiary/aromatic N) is 1. The zero-order valence-corrected chi connectivity index (χ0v) is 15.8. The van der Waals surface area contributed by atoms with Gasteiger partial charge in [-0.25, -0.2) is 9.78 Å². The molecular formula is C21H27N3O2. The molecule has 1 fully saturated rings. The molecule has 1 aromatic carbocycles. The van der Waals surface area contributed by atoms with Crippen LogP contribution in [0.5, 0.6) is 0 Å². The van der Waals surface area contributed by atoms with Gasteiger partial charge in [0.25, 0.3) is 0 Å². The number of fused-ring (bicyclic) bond motifs is 1. The smallest absolute Gasteiger partial charge is 0.338 e. The van der Waals surface area contributed by atoms with E-state index >= 15 is 0 Å². The molecule has 0 spiro atoms. The number of benzene rings is 1. The highest BCUT2D eigenvalue weighted by Crippen LogP contribution is 2.42. The maximum absolute atomic E-state index is 12.2. The number of aromatic nitrogens is 2. The number of hydrogen-bond acceptors (Lipinski definition) is 4. The number of carbonyl (C=O) groups is 1. The summed E-state index contributed by atoms with van der Waals surface area (Å²) in [7, 11) is 1.43. The van der Waals surface area contributed by atoms with Crippen molar-refractivity contribution >= 4 is 5.97 Å². The molecule has 1 unspecified atom stereocenters. The van der Waals surface area contributed by atoms with Crippen molar-refractivity contribution in [2.24, 2.45) is 0 Å². The van der Waals surface area contributed by atoms with Gasteiger partial charge in [0, 0.05) is 23.8 Å². The molecule has 1 saturated carbocycles. The van der Waals surface area contributed by atoms with Crippen LogP contribution in [0.25, 0.3) is 11.4 Å². The Labute approximate surface area is 154 Å². The van der Waals surface area contributed by atoms with Crippen molar-refractivity contribution < 1.29 is 9.53 Å². The average Bonchev–Trinajstić information content (AvgIpc) is 2.91. The van der Waals surface area contributed by atoms with E-state index in [0.29, 0.717) is 17.5 Å². The fraction of sp³-hybridized carbons (Fsp3) is 0.524. The van der Waals surface area contributed by atoms with Gasteiger partial charge in [-0.3, -0.25) is 0 Å². The van der Waals surface area contributed by atoms with Crippen LogP contribution in [0.3, 0.4) is 0 Å². The molecule has 0 amide bonds. The van der Waals surface area contributed by atoms with Crippen LogP contribution in [-0.2, 0) is 17.7 Å². The number of carbonyl (C=O) groups excluding carboxylic acids is 1. The normalized spacial score (nSPS) is 20.2. The summed E-state index contributed by atoms with van der Waals surface area (Å²) in [6.07, 6.45) is 5.81. The maximum atomic E-state index is 12.2. The van der Waals surface area contributed by atoms with Crippen LogP contribution in [0, 0.1) is 6.92 Å². The first-order valence-corrected chi connectivity index (χ1v) is 9.61. The third kappa shape index (κ3) is 3.05. The molecule has 0 bridgehead atoms. The average molecular weight is 353 g/mol. The molecule has 2 aromatic rings. The van der Waals surface area contributed by atoms with Crippen molar-refractivity contribution in [3.05, 3.63) is 40.2 Å². The van der Waals surface area contributed by atoms with Crippen LogP contribution in [0.15, 0.2) is 12.1 Å². The van der Waals surface area contributed by atoms with E-state index in [4.69, 9.17) is 9.72 Å². The van der Waals surface area contributed by atoms with Gasteiger partial charge in [-0.05, 0) is 62.6 Å². The Morgan fingerprint density at radius 2 is 2.08 bits per heavy atom. The van der Waals surface area contributed by atoms with Crippen LogP contribution in [0.4, 0.5) is 0 Å². The Kier molecular flexibility index (Phi) is 4.57. The Morgan fingerprint density at radius 3 is 2.77 bits per heavy atom. The lowest BCUT2D eigenvalue weighted by Crippen LogP contribution is -2.23. The summed E-state index contributed by atoms with van der Waals surface area (Å²) in [5.41, 5.74) is 6.30. The molecule has 1 aliphatic carbocycles. The first-order chi connectivity index (χ1) is 12.6. The molecule has 2 aliphatic rings. The SMILES string of the molecule is COC(=O)c1cc(-c2nc3c([nH]2)CCC(C)NC3)c(C2CCC2)cc1C. The molecule has 0 radical (unpaired) electrons. The van der Waals surface area contributed by atoms with Gasteiger partial charge in [-0.2, -0.15) is 0 Å². The second-order valence-corrected chi connectivity index (χ2v) is 7.71. The van der Waals surface area contributed by atoms with E-state index in [-0.39, 0.29) is 5.97 Å². The first kappa shape index (κ1) is 17.3. The second-order valence-electron chi connectivity index (χ2n) is 7.71. The summed E-state index contributed by atoms with van der Waals surface area (Å²) in [5.74, 6) is 1.17. The van der Waals surface area contributed by atoms with Gasteiger partial charge in [0.15, 0.2) is 0 Å². The van der Waals surface area contributed by atoms with Crippen molar-refractivity contribution in [3.63, 3.8) is 0 Å². The van der Waals surface area contributed by atoms with E-state index in [1.807, 2.05) is 13.0 Å². The molecule has 26 heavy (non-hydrogen) atoms. The fourth-order valence-corrected chi connectivity index (χ4v) is 3.98. The number of aryl methyl sites for hydroxylation is 2. The molecule has 1 aromatic heterocycles. The quantitative estimate of drug-likeness (QED) is 0.822.